The Balaban J connectivity index is 2.58. The Morgan fingerprint density at radius 3 is 2.93 bits per heavy atom. The van der Waals surface area contributed by atoms with Crippen molar-refractivity contribution >= 4 is 23.4 Å². The molecule has 0 saturated heterocycles. The Labute approximate surface area is 87.6 Å². The van der Waals surface area contributed by atoms with Gasteiger partial charge in [-0.2, -0.15) is 4.98 Å². The van der Waals surface area contributed by atoms with Gasteiger partial charge in [-0.05, 0) is 6.92 Å². The van der Waals surface area contributed by atoms with E-state index in [0.717, 1.165) is 0 Å². The van der Waals surface area contributed by atoms with E-state index in [9.17, 15) is 0 Å². The molecule has 0 aliphatic rings. The van der Waals surface area contributed by atoms with Crippen molar-refractivity contribution in [3.63, 3.8) is 0 Å². The van der Waals surface area contributed by atoms with Crippen LogP contribution < -0.4 is 11.1 Å². The first-order valence-corrected chi connectivity index (χ1v) is 4.56. The van der Waals surface area contributed by atoms with Gasteiger partial charge in [0.25, 0.3) is 0 Å². The number of ether oxygens (including phenoxy) is 1. The molecule has 1 atom stereocenters. The zero-order chi connectivity index (χ0) is 10.6. The molecule has 1 heterocycles. The molecule has 0 spiro atoms. The lowest BCUT2D eigenvalue weighted by Gasteiger charge is -2.11. The number of aromatic nitrogens is 2. The highest BCUT2D eigenvalue weighted by atomic mass is 35.5. The van der Waals surface area contributed by atoms with E-state index in [1.807, 2.05) is 6.92 Å². The summed E-state index contributed by atoms with van der Waals surface area (Å²) in [5, 5.41) is 3.36. The average Bonchev–Trinajstić information content (AvgIpc) is 2.12. The fourth-order valence-electron chi connectivity index (χ4n) is 0.857. The van der Waals surface area contributed by atoms with Crippen LogP contribution in [-0.2, 0) is 4.74 Å². The minimum atomic E-state index is 0.102. The molecule has 5 nitrogen and oxygen atoms in total. The quantitative estimate of drug-likeness (QED) is 0.739. The normalized spacial score (nSPS) is 12.5. The van der Waals surface area contributed by atoms with Crippen LogP contribution in [-0.4, -0.2) is 29.7 Å². The van der Waals surface area contributed by atoms with E-state index in [1.54, 1.807) is 13.2 Å². The highest BCUT2D eigenvalue weighted by molar-refractivity contribution is 6.29. The van der Waals surface area contributed by atoms with E-state index in [1.165, 1.54) is 0 Å². The lowest BCUT2D eigenvalue weighted by molar-refractivity contribution is 0.128. The molecular formula is C8H13ClN4O. The zero-order valence-electron chi connectivity index (χ0n) is 8.12. The van der Waals surface area contributed by atoms with Gasteiger partial charge in [0.2, 0.25) is 5.95 Å². The Morgan fingerprint density at radius 1 is 1.64 bits per heavy atom. The van der Waals surface area contributed by atoms with Crippen molar-refractivity contribution in [3.05, 3.63) is 11.2 Å². The standard InChI is InChI=1S/C8H13ClN4O/c1-5(14-2)4-11-7-3-6(9)12-8(10)13-7/h3,5H,4H2,1-2H3,(H3,10,11,12,13). The molecule has 0 aromatic carbocycles. The number of nitrogens with two attached hydrogens (primary N) is 1. The number of nitrogen functional groups attached to an aromatic ring is 1. The van der Waals surface area contributed by atoms with Crippen molar-refractivity contribution in [3.8, 4) is 0 Å². The van der Waals surface area contributed by atoms with E-state index in [4.69, 9.17) is 22.1 Å². The highest BCUT2D eigenvalue weighted by Crippen LogP contribution is 2.12. The fourth-order valence-corrected chi connectivity index (χ4v) is 1.05. The van der Waals surface area contributed by atoms with Crippen molar-refractivity contribution in [1.82, 2.24) is 9.97 Å². The second-order valence-electron chi connectivity index (χ2n) is 2.86. The van der Waals surface area contributed by atoms with Gasteiger partial charge in [-0.15, -0.1) is 0 Å². The molecule has 6 heteroatoms. The minimum Gasteiger partial charge on any atom is -0.380 e. The first-order valence-electron chi connectivity index (χ1n) is 4.18. The summed E-state index contributed by atoms with van der Waals surface area (Å²) >= 11 is 5.70. The summed E-state index contributed by atoms with van der Waals surface area (Å²) in [5.74, 6) is 0.761. The van der Waals surface area contributed by atoms with E-state index in [0.29, 0.717) is 17.5 Å². The summed E-state index contributed by atoms with van der Waals surface area (Å²) in [6.45, 7) is 2.59. The van der Waals surface area contributed by atoms with Gasteiger partial charge in [0.05, 0.1) is 6.10 Å². The summed E-state index contributed by atoms with van der Waals surface area (Å²) in [7, 11) is 1.65. The van der Waals surface area contributed by atoms with Crippen LogP contribution in [0.1, 0.15) is 6.92 Å². The van der Waals surface area contributed by atoms with Crippen molar-refractivity contribution in [2.45, 2.75) is 13.0 Å². The van der Waals surface area contributed by atoms with Crippen molar-refractivity contribution in [2.75, 3.05) is 24.7 Å². The third-order valence-electron chi connectivity index (χ3n) is 1.69. The molecular weight excluding hydrogens is 204 g/mol. The SMILES string of the molecule is COC(C)CNc1cc(Cl)nc(N)n1. The molecule has 1 aromatic heterocycles. The average molecular weight is 217 g/mol. The minimum absolute atomic E-state index is 0.102. The maximum Gasteiger partial charge on any atom is 0.223 e. The topological polar surface area (TPSA) is 73.1 Å². The Kier molecular flexibility index (Phi) is 3.91. The number of hydrogen-bond acceptors (Lipinski definition) is 5. The van der Waals surface area contributed by atoms with Crippen LogP contribution in [0.4, 0.5) is 11.8 Å². The van der Waals surface area contributed by atoms with E-state index in [-0.39, 0.29) is 12.1 Å². The molecule has 3 N–H and O–H groups in total. The van der Waals surface area contributed by atoms with Crippen molar-refractivity contribution in [1.29, 1.82) is 0 Å². The summed E-state index contributed by atoms with van der Waals surface area (Å²) in [6, 6.07) is 1.61. The Morgan fingerprint density at radius 2 is 2.36 bits per heavy atom. The number of nitrogens with zero attached hydrogens (tertiary/aromatic N) is 2. The van der Waals surface area contributed by atoms with E-state index >= 15 is 0 Å². The first kappa shape index (κ1) is 11.0. The van der Waals surface area contributed by atoms with Crippen LogP contribution in [0.5, 0.6) is 0 Å². The van der Waals surface area contributed by atoms with Gasteiger partial charge in [-0.25, -0.2) is 4.98 Å². The number of nitrogens with one attached hydrogen (secondary N) is 1. The maximum absolute atomic E-state index is 5.70. The molecule has 14 heavy (non-hydrogen) atoms. The summed E-state index contributed by atoms with van der Waals surface area (Å²) in [6.07, 6.45) is 0.102. The molecule has 0 aliphatic heterocycles. The smallest absolute Gasteiger partial charge is 0.223 e. The Bertz CT molecular complexity index is 287. The van der Waals surface area contributed by atoms with Crippen LogP contribution in [0.25, 0.3) is 0 Å². The van der Waals surface area contributed by atoms with Crippen LogP contribution >= 0.6 is 11.6 Å². The largest absolute Gasteiger partial charge is 0.380 e. The van der Waals surface area contributed by atoms with Crippen molar-refractivity contribution < 1.29 is 4.74 Å². The fraction of sp³-hybridized carbons (Fsp3) is 0.500. The van der Waals surface area contributed by atoms with Gasteiger partial charge >= 0.3 is 0 Å². The van der Waals surface area contributed by atoms with E-state index < -0.39 is 0 Å². The van der Waals surface area contributed by atoms with E-state index in [2.05, 4.69) is 15.3 Å². The second kappa shape index (κ2) is 4.97. The highest BCUT2D eigenvalue weighted by Gasteiger charge is 2.02. The molecule has 1 rings (SSSR count). The number of anilines is 2. The monoisotopic (exact) mass is 216 g/mol. The van der Waals surface area contributed by atoms with Gasteiger partial charge < -0.3 is 15.8 Å². The molecule has 78 valence electrons. The lowest BCUT2D eigenvalue weighted by Crippen LogP contribution is -2.18. The zero-order valence-corrected chi connectivity index (χ0v) is 8.88. The number of rotatable bonds is 4. The van der Waals surface area contributed by atoms with Gasteiger partial charge in [-0.3, -0.25) is 0 Å². The van der Waals surface area contributed by atoms with Crippen LogP contribution in [0.3, 0.4) is 0 Å². The number of halogens is 1. The van der Waals surface area contributed by atoms with Crippen LogP contribution in [0.2, 0.25) is 5.15 Å². The first-order chi connectivity index (χ1) is 6.61. The van der Waals surface area contributed by atoms with Crippen molar-refractivity contribution in [2.24, 2.45) is 0 Å². The molecule has 0 radical (unpaired) electrons. The number of hydrogen-bond donors (Lipinski definition) is 2. The molecule has 0 saturated carbocycles. The molecule has 1 aromatic rings. The van der Waals surface area contributed by atoms with Gasteiger partial charge in [0.1, 0.15) is 11.0 Å². The van der Waals surface area contributed by atoms with Gasteiger partial charge in [-0.1, -0.05) is 11.6 Å². The second-order valence-corrected chi connectivity index (χ2v) is 3.25. The summed E-state index contributed by atoms with van der Waals surface area (Å²) < 4.78 is 5.06. The molecule has 0 fully saturated rings. The molecule has 0 aliphatic carbocycles. The molecule has 0 bridgehead atoms. The van der Waals surface area contributed by atoms with Crippen LogP contribution in [0, 0.1) is 0 Å². The van der Waals surface area contributed by atoms with Crippen LogP contribution in [0.15, 0.2) is 6.07 Å². The predicted octanol–water partition coefficient (Wildman–Crippen LogP) is 1.16. The third kappa shape index (κ3) is 3.35. The summed E-state index contributed by atoms with van der Waals surface area (Å²) in [4.78, 5) is 7.70. The van der Waals surface area contributed by atoms with Gasteiger partial charge in [0.15, 0.2) is 0 Å². The van der Waals surface area contributed by atoms with Gasteiger partial charge in [0, 0.05) is 19.7 Å². The predicted molar refractivity (Wildman–Crippen MR) is 56.4 cm³/mol. The summed E-state index contributed by atoms with van der Waals surface area (Å²) in [5.41, 5.74) is 5.42. The maximum atomic E-state index is 5.70. The number of methoxy groups -OCH3 is 1. The molecule has 1 unspecified atom stereocenters. The third-order valence-corrected chi connectivity index (χ3v) is 1.88. The molecule has 0 amide bonds. The lowest BCUT2D eigenvalue weighted by atomic mass is 10.4. The Hall–Kier alpha value is -1.07.